The maximum atomic E-state index is 13.6. The Kier molecular flexibility index (Phi) is 7.14. The molecule has 39 heavy (non-hydrogen) atoms. The molecule has 1 aromatic heterocycles. The van der Waals surface area contributed by atoms with Gasteiger partial charge in [0, 0.05) is 5.56 Å². The molecule has 1 aliphatic rings. The number of carbonyl (C=O) groups excluding carboxylic acids is 2. The van der Waals surface area contributed by atoms with Crippen molar-refractivity contribution in [3.63, 3.8) is 0 Å². The Morgan fingerprint density at radius 2 is 1.62 bits per heavy atom. The van der Waals surface area contributed by atoms with Crippen molar-refractivity contribution in [1.82, 2.24) is 4.98 Å². The highest BCUT2D eigenvalue weighted by Crippen LogP contribution is 2.46. The molecule has 1 atom stereocenters. The highest BCUT2D eigenvalue weighted by Gasteiger charge is 2.48. The van der Waals surface area contributed by atoms with E-state index in [0.29, 0.717) is 41.0 Å². The van der Waals surface area contributed by atoms with E-state index in [2.05, 4.69) is 0 Å². The highest BCUT2D eigenvalue weighted by molar-refractivity contribution is 7.22. The number of aryl methyl sites for hydroxylation is 3. The lowest BCUT2D eigenvalue weighted by Gasteiger charge is -2.24. The van der Waals surface area contributed by atoms with Gasteiger partial charge in [0.1, 0.15) is 5.76 Å². The summed E-state index contributed by atoms with van der Waals surface area (Å²) < 4.78 is 12.5. The first kappa shape index (κ1) is 26.4. The van der Waals surface area contributed by atoms with Crippen molar-refractivity contribution < 1.29 is 24.2 Å². The number of ether oxygens (including phenoxy) is 2. The quantitative estimate of drug-likeness (QED) is 0.160. The maximum Gasteiger partial charge on any atom is 0.301 e. The number of fused-ring (bicyclic) bond motifs is 1. The van der Waals surface area contributed by atoms with Crippen LogP contribution >= 0.6 is 11.3 Å². The summed E-state index contributed by atoms with van der Waals surface area (Å²) in [5.41, 5.74) is 4.92. The molecule has 0 radical (unpaired) electrons. The SMILES string of the molecule is CCOc1ccc(C2/C(=C(\O)c3ccc(C)cc3)C(=O)C(=O)N2c2nc3c(C)cc(C)cc3s2)cc1OCC. The molecule has 1 aliphatic heterocycles. The van der Waals surface area contributed by atoms with Crippen molar-refractivity contribution in [1.29, 1.82) is 0 Å². The fourth-order valence-electron chi connectivity index (χ4n) is 4.91. The Labute approximate surface area is 231 Å². The summed E-state index contributed by atoms with van der Waals surface area (Å²) in [6.07, 6.45) is 0. The van der Waals surface area contributed by atoms with E-state index >= 15 is 0 Å². The van der Waals surface area contributed by atoms with E-state index in [1.807, 2.05) is 58.9 Å². The van der Waals surface area contributed by atoms with Crippen LogP contribution in [-0.2, 0) is 9.59 Å². The maximum absolute atomic E-state index is 13.6. The van der Waals surface area contributed by atoms with Gasteiger partial charge in [0.2, 0.25) is 0 Å². The molecule has 4 aromatic rings. The Hall–Kier alpha value is -4.17. The molecule has 1 unspecified atom stereocenters. The van der Waals surface area contributed by atoms with Crippen LogP contribution in [0.2, 0.25) is 0 Å². The molecule has 0 bridgehead atoms. The molecule has 0 aliphatic carbocycles. The number of thiazole rings is 1. The molecule has 3 aromatic carbocycles. The minimum Gasteiger partial charge on any atom is -0.507 e. The number of carbonyl (C=O) groups is 2. The van der Waals surface area contributed by atoms with E-state index in [9.17, 15) is 14.7 Å². The van der Waals surface area contributed by atoms with Crippen molar-refractivity contribution in [2.75, 3.05) is 18.1 Å². The van der Waals surface area contributed by atoms with E-state index in [1.165, 1.54) is 16.2 Å². The van der Waals surface area contributed by atoms with E-state index in [4.69, 9.17) is 14.5 Å². The Bertz CT molecular complexity index is 1620. The monoisotopic (exact) mass is 542 g/mol. The fourth-order valence-corrected chi connectivity index (χ4v) is 6.08. The third kappa shape index (κ3) is 4.76. The van der Waals surface area contributed by atoms with Crippen LogP contribution < -0.4 is 14.4 Å². The van der Waals surface area contributed by atoms with Crippen LogP contribution in [0.15, 0.2) is 60.2 Å². The zero-order chi connectivity index (χ0) is 27.8. The van der Waals surface area contributed by atoms with E-state index in [0.717, 1.165) is 26.9 Å². The number of hydrogen-bond donors (Lipinski definition) is 1. The predicted octanol–water partition coefficient (Wildman–Crippen LogP) is 6.65. The molecule has 8 heteroatoms. The third-order valence-electron chi connectivity index (χ3n) is 6.68. The summed E-state index contributed by atoms with van der Waals surface area (Å²) in [7, 11) is 0. The average Bonchev–Trinajstić information content (AvgIpc) is 3.44. The molecular formula is C31H30N2O5S. The van der Waals surface area contributed by atoms with Crippen molar-refractivity contribution in [3.8, 4) is 11.5 Å². The summed E-state index contributed by atoms with van der Waals surface area (Å²) in [5, 5.41) is 11.8. The minimum absolute atomic E-state index is 0.00243. The first-order valence-corrected chi connectivity index (χ1v) is 13.7. The minimum atomic E-state index is -0.914. The predicted molar refractivity (Wildman–Crippen MR) is 154 cm³/mol. The zero-order valence-corrected chi connectivity index (χ0v) is 23.4. The van der Waals surface area contributed by atoms with Gasteiger partial charge in [0.05, 0.1) is 35.0 Å². The molecule has 7 nitrogen and oxygen atoms in total. The number of aliphatic hydroxyl groups is 1. The molecule has 1 fully saturated rings. The van der Waals surface area contributed by atoms with Crippen LogP contribution in [0.4, 0.5) is 5.13 Å². The van der Waals surface area contributed by atoms with Crippen molar-refractivity contribution in [3.05, 3.63) is 88.0 Å². The summed E-state index contributed by atoms with van der Waals surface area (Å²) in [5.74, 6) is -0.690. The normalized spacial score (nSPS) is 16.7. The summed E-state index contributed by atoms with van der Waals surface area (Å²) in [6, 6.07) is 15.6. The molecule has 0 spiro atoms. The molecule has 5 rings (SSSR count). The van der Waals surface area contributed by atoms with Crippen LogP contribution in [0.1, 0.15) is 47.7 Å². The van der Waals surface area contributed by atoms with Gasteiger partial charge >= 0.3 is 5.91 Å². The van der Waals surface area contributed by atoms with Gasteiger partial charge in [-0.1, -0.05) is 53.3 Å². The second kappa shape index (κ2) is 10.5. The van der Waals surface area contributed by atoms with Gasteiger partial charge in [0.25, 0.3) is 5.78 Å². The van der Waals surface area contributed by atoms with Crippen molar-refractivity contribution in [2.45, 2.75) is 40.7 Å². The molecule has 1 amide bonds. The number of rotatable bonds is 7. The van der Waals surface area contributed by atoms with E-state index in [-0.39, 0.29) is 11.3 Å². The van der Waals surface area contributed by atoms with Gasteiger partial charge in [-0.25, -0.2) is 4.98 Å². The summed E-state index contributed by atoms with van der Waals surface area (Å²) >= 11 is 1.35. The molecule has 1 N–H and O–H groups in total. The topological polar surface area (TPSA) is 89.0 Å². The Morgan fingerprint density at radius 1 is 0.923 bits per heavy atom. The average molecular weight is 543 g/mol. The largest absolute Gasteiger partial charge is 0.507 e. The number of amides is 1. The fraction of sp³-hybridized carbons (Fsp3) is 0.258. The van der Waals surface area contributed by atoms with Crippen LogP contribution in [0.25, 0.3) is 16.0 Å². The lowest BCUT2D eigenvalue weighted by Crippen LogP contribution is -2.29. The van der Waals surface area contributed by atoms with Gasteiger partial charge in [-0.3, -0.25) is 14.5 Å². The summed E-state index contributed by atoms with van der Waals surface area (Å²) in [4.78, 5) is 33.4. The van der Waals surface area contributed by atoms with Crippen LogP contribution in [0.5, 0.6) is 11.5 Å². The number of nitrogens with zero attached hydrogens (tertiary/aromatic N) is 2. The zero-order valence-electron chi connectivity index (χ0n) is 22.6. The third-order valence-corrected chi connectivity index (χ3v) is 7.68. The molecule has 0 saturated carbocycles. The highest BCUT2D eigenvalue weighted by atomic mass is 32.1. The van der Waals surface area contributed by atoms with Crippen LogP contribution in [0.3, 0.4) is 0 Å². The Morgan fingerprint density at radius 3 is 2.31 bits per heavy atom. The van der Waals surface area contributed by atoms with Crippen LogP contribution in [-0.4, -0.2) is 35.0 Å². The standard InChI is InChI=1S/C31H30N2O5S/c1-6-37-22-13-12-21(16-23(22)38-7-2)27-25(28(34)20-10-8-17(3)9-11-20)29(35)30(36)33(27)31-32-26-19(5)14-18(4)15-24(26)39-31/h8-16,27,34H,6-7H2,1-5H3/b28-25+. The lowest BCUT2D eigenvalue weighted by molar-refractivity contribution is -0.132. The Balaban J connectivity index is 1.75. The van der Waals surface area contributed by atoms with E-state index < -0.39 is 17.7 Å². The number of hydrogen-bond acceptors (Lipinski definition) is 7. The molecular weight excluding hydrogens is 512 g/mol. The van der Waals surface area contributed by atoms with Gasteiger partial charge in [0.15, 0.2) is 16.6 Å². The second-order valence-electron chi connectivity index (χ2n) is 9.53. The molecule has 1 saturated heterocycles. The summed E-state index contributed by atoms with van der Waals surface area (Å²) in [6.45, 7) is 10.5. The van der Waals surface area contributed by atoms with Gasteiger partial charge < -0.3 is 14.6 Å². The lowest BCUT2D eigenvalue weighted by atomic mass is 9.95. The second-order valence-corrected chi connectivity index (χ2v) is 10.5. The van der Waals surface area contributed by atoms with Crippen molar-refractivity contribution >= 4 is 44.1 Å². The number of benzene rings is 3. The smallest absolute Gasteiger partial charge is 0.301 e. The van der Waals surface area contributed by atoms with Gasteiger partial charge in [-0.05, 0) is 69.5 Å². The van der Waals surface area contributed by atoms with Crippen LogP contribution in [0, 0.1) is 20.8 Å². The molecule has 200 valence electrons. The number of aromatic nitrogens is 1. The number of Topliss-reactive ketones (excluding diaryl/α,β-unsaturated/α-hetero) is 1. The van der Waals surface area contributed by atoms with Gasteiger partial charge in [-0.2, -0.15) is 0 Å². The number of aliphatic hydroxyl groups excluding tert-OH is 1. The molecule has 2 heterocycles. The first-order valence-electron chi connectivity index (χ1n) is 12.9. The number of anilines is 1. The first-order chi connectivity index (χ1) is 18.7. The van der Waals surface area contributed by atoms with E-state index in [1.54, 1.807) is 30.3 Å². The van der Waals surface area contributed by atoms with Crippen molar-refractivity contribution in [2.24, 2.45) is 0 Å². The number of ketones is 1. The van der Waals surface area contributed by atoms with Gasteiger partial charge in [-0.15, -0.1) is 0 Å².